The van der Waals surface area contributed by atoms with E-state index in [0.717, 1.165) is 17.2 Å². The predicted octanol–water partition coefficient (Wildman–Crippen LogP) is 6.35. The Balaban J connectivity index is 1.70. The molecule has 0 saturated carbocycles. The first-order valence-corrected chi connectivity index (χ1v) is 11.2. The van der Waals surface area contributed by atoms with Gasteiger partial charge < -0.3 is 0 Å². The van der Waals surface area contributed by atoms with Crippen molar-refractivity contribution in [2.75, 3.05) is 11.4 Å². The van der Waals surface area contributed by atoms with Crippen molar-refractivity contribution in [3.8, 4) is 0 Å². The average Bonchev–Trinajstić information content (AvgIpc) is 3.15. The van der Waals surface area contributed by atoms with Crippen LogP contribution in [0.1, 0.15) is 61.0 Å². The van der Waals surface area contributed by atoms with Crippen molar-refractivity contribution >= 4 is 22.8 Å². The Morgan fingerprint density at radius 2 is 1.77 bits per heavy atom. The van der Waals surface area contributed by atoms with E-state index in [9.17, 15) is 31.1 Å². The van der Waals surface area contributed by atoms with Crippen LogP contribution in [0.5, 0.6) is 0 Å². The van der Waals surface area contributed by atoms with Crippen LogP contribution in [0.15, 0.2) is 30.3 Å². The second-order valence-electron chi connectivity index (χ2n) is 9.08. The molecule has 1 aliphatic heterocycles. The van der Waals surface area contributed by atoms with Gasteiger partial charge in [-0.15, -0.1) is 5.10 Å². The highest BCUT2D eigenvalue weighted by Crippen LogP contribution is 2.43. The number of hydrogen-bond donors (Lipinski definition) is 0. The summed E-state index contributed by atoms with van der Waals surface area (Å²) in [5.41, 5.74) is 0.382. The number of anilines is 1. The monoisotopic (exact) mass is 498 g/mol. The Morgan fingerprint density at radius 1 is 1.11 bits per heavy atom. The van der Waals surface area contributed by atoms with Gasteiger partial charge in [-0.25, -0.2) is 9.67 Å². The largest absolute Gasteiger partial charge is 0.433 e. The van der Waals surface area contributed by atoms with E-state index >= 15 is 0 Å². The van der Waals surface area contributed by atoms with Gasteiger partial charge in [-0.1, -0.05) is 38.1 Å². The molecule has 1 atom stereocenters. The van der Waals surface area contributed by atoms with Gasteiger partial charge in [0.15, 0.2) is 11.7 Å². The maximum absolute atomic E-state index is 13.7. The van der Waals surface area contributed by atoms with Crippen molar-refractivity contribution < 1.29 is 31.1 Å². The summed E-state index contributed by atoms with van der Waals surface area (Å²) < 4.78 is 81.6. The summed E-state index contributed by atoms with van der Waals surface area (Å²) in [5.74, 6) is -0.239. The molecule has 11 heteroatoms. The van der Waals surface area contributed by atoms with Gasteiger partial charge >= 0.3 is 12.4 Å². The van der Waals surface area contributed by atoms with E-state index in [0.29, 0.717) is 17.0 Å². The van der Waals surface area contributed by atoms with Gasteiger partial charge in [-0.2, -0.15) is 26.3 Å². The van der Waals surface area contributed by atoms with Crippen LogP contribution >= 0.6 is 0 Å². The van der Waals surface area contributed by atoms with Gasteiger partial charge in [-0.3, -0.25) is 9.69 Å². The smallest absolute Gasteiger partial charge is 0.296 e. The number of alkyl halides is 6. The Labute approximate surface area is 197 Å². The highest BCUT2D eigenvalue weighted by molar-refractivity contribution is 6.02. The summed E-state index contributed by atoms with van der Waals surface area (Å²) in [4.78, 5) is 17.8. The molecule has 0 spiro atoms. The summed E-state index contributed by atoms with van der Waals surface area (Å²) in [5, 5.41) is 3.82. The van der Waals surface area contributed by atoms with Gasteiger partial charge in [0.25, 0.3) is 0 Å². The molecule has 188 valence electrons. The molecule has 2 aromatic heterocycles. The highest BCUT2D eigenvalue weighted by atomic mass is 19.4. The number of rotatable bonds is 4. The third kappa shape index (κ3) is 4.85. The van der Waals surface area contributed by atoms with Crippen LogP contribution in [0.3, 0.4) is 0 Å². The van der Waals surface area contributed by atoms with E-state index < -0.39 is 42.1 Å². The second kappa shape index (κ2) is 8.83. The Bertz CT molecular complexity index is 1240. The van der Waals surface area contributed by atoms with Crippen molar-refractivity contribution in [2.24, 2.45) is 0 Å². The average molecular weight is 498 g/mol. The number of aromatic nitrogens is 3. The number of amides is 1. The molecule has 0 saturated heterocycles. The number of hydrogen-bond acceptors (Lipinski definition) is 3. The quantitative estimate of drug-likeness (QED) is 0.394. The number of halogens is 6. The number of nitrogens with zero attached hydrogens (tertiary/aromatic N) is 4. The number of benzene rings is 1. The van der Waals surface area contributed by atoms with Gasteiger partial charge in [0.1, 0.15) is 11.5 Å². The number of aryl methyl sites for hydroxylation is 2. The molecule has 1 amide bonds. The number of carbonyl (C=O) groups excluding carboxylic acids is 1. The van der Waals surface area contributed by atoms with E-state index in [4.69, 9.17) is 0 Å². The number of fused-ring (bicyclic) bond motifs is 3. The van der Waals surface area contributed by atoms with Gasteiger partial charge in [-0.05, 0) is 48.4 Å². The molecular formula is C24H24F6N4O. The fourth-order valence-corrected chi connectivity index (χ4v) is 4.37. The van der Waals surface area contributed by atoms with Crippen LogP contribution < -0.4 is 4.90 Å². The summed E-state index contributed by atoms with van der Waals surface area (Å²) in [7, 11) is 0. The van der Waals surface area contributed by atoms with E-state index in [1.54, 1.807) is 0 Å². The first-order valence-electron chi connectivity index (χ1n) is 11.2. The van der Waals surface area contributed by atoms with E-state index in [-0.39, 0.29) is 29.7 Å². The zero-order valence-electron chi connectivity index (χ0n) is 19.3. The normalized spacial score (nSPS) is 16.7. The lowest BCUT2D eigenvalue weighted by atomic mass is 10.00. The van der Waals surface area contributed by atoms with Crippen LogP contribution in [0.4, 0.5) is 32.2 Å². The van der Waals surface area contributed by atoms with Crippen LogP contribution in [0, 0.1) is 6.92 Å². The molecule has 5 nitrogen and oxygen atoms in total. The Kier molecular flexibility index (Phi) is 6.31. The SMILES string of the molecule is Cc1cc(C(F)(F)F)nc2nn3c(c12)N(C(=O)CCc1ccc(C(C)C)cc1)CC[C@H]3C(F)(F)F. The first-order chi connectivity index (χ1) is 16.3. The minimum atomic E-state index is -4.78. The minimum Gasteiger partial charge on any atom is -0.296 e. The number of pyridine rings is 1. The lowest BCUT2D eigenvalue weighted by Gasteiger charge is -2.34. The predicted molar refractivity (Wildman–Crippen MR) is 118 cm³/mol. The molecule has 0 N–H and O–H groups in total. The lowest BCUT2D eigenvalue weighted by molar-refractivity contribution is -0.172. The third-order valence-electron chi connectivity index (χ3n) is 6.26. The fraction of sp³-hybridized carbons (Fsp3) is 0.458. The molecule has 0 unspecified atom stereocenters. The minimum absolute atomic E-state index is 0.0154. The van der Waals surface area contributed by atoms with Gasteiger partial charge in [0.05, 0.1) is 5.39 Å². The topological polar surface area (TPSA) is 51.0 Å². The maximum Gasteiger partial charge on any atom is 0.433 e. The summed E-state index contributed by atoms with van der Waals surface area (Å²) >= 11 is 0. The van der Waals surface area contributed by atoms with Crippen molar-refractivity contribution in [1.29, 1.82) is 0 Å². The van der Waals surface area contributed by atoms with Crippen molar-refractivity contribution in [3.05, 3.63) is 52.7 Å². The van der Waals surface area contributed by atoms with E-state index in [2.05, 4.69) is 23.9 Å². The van der Waals surface area contributed by atoms with Crippen LogP contribution in [-0.4, -0.2) is 33.4 Å². The lowest BCUT2D eigenvalue weighted by Crippen LogP contribution is -2.43. The molecule has 3 aromatic rings. The molecule has 0 fully saturated rings. The van der Waals surface area contributed by atoms with Crippen molar-refractivity contribution in [2.45, 2.75) is 64.3 Å². The van der Waals surface area contributed by atoms with Crippen molar-refractivity contribution in [3.63, 3.8) is 0 Å². The summed E-state index contributed by atoms with van der Waals surface area (Å²) in [6, 6.07) is 6.45. The Hall–Kier alpha value is -3.11. The van der Waals surface area contributed by atoms with E-state index in [1.165, 1.54) is 11.8 Å². The fourth-order valence-electron chi connectivity index (χ4n) is 4.37. The molecule has 0 bridgehead atoms. The molecule has 0 radical (unpaired) electrons. The standard InChI is InChI=1S/C24H24F6N4O/c1-13(2)16-7-4-15(5-8-16)6-9-19(35)33-11-10-18(24(28,29)30)34-22(33)20-14(3)12-17(23(25,26)27)31-21(20)32-34/h4-5,7-8,12-13,18H,6,9-11H2,1-3H3/t18-/m0/s1. The van der Waals surface area contributed by atoms with Crippen LogP contribution in [0.2, 0.25) is 0 Å². The Morgan fingerprint density at radius 3 is 2.34 bits per heavy atom. The molecule has 3 heterocycles. The molecule has 1 aromatic carbocycles. The van der Waals surface area contributed by atoms with Gasteiger partial charge in [0, 0.05) is 13.0 Å². The highest BCUT2D eigenvalue weighted by Gasteiger charge is 2.47. The first kappa shape index (κ1) is 25.0. The van der Waals surface area contributed by atoms with Crippen LogP contribution in [-0.2, 0) is 17.4 Å². The molecule has 0 aliphatic carbocycles. The van der Waals surface area contributed by atoms with Crippen LogP contribution in [0.25, 0.3) is 11.0 Å². The number of carbonyl (C=O) groups is 1. The zero-order valence-corrected chi connectivity index (χ0v) is 19.3. The van der Waals surface area contributed by atoms with Crippen molar-refractivity contribution in [1.82, 2.24) is 14.8 Å². The van der Waals surface area contributed by atoms with E-state index in [1.807, 2.05) is 24.3 Å². The molecule has 35 heavy (non-hydrogen) atoms. The zero-order chi connectivity index (χ0) is 25.7. The maximum atomic E-state index is 13.7. The van der Waals surface area contributed by atoms with Gasteiger partial charge in [0.2, 0.25) is 5.91 Å². The molecule has 4 rings (SSSR count). The summed E-state index contributed by atoms with van der Waals surface area (Å²) in [6.45, 7) is 5.24. The third-order valence-corrected chi connectivity index (χ3v) is 6.26. The summed E-state index contributed by atoms with van der Waals surface area (Å²) in [6.07, 6.45) is -9.53. The second-order valence-corrected chi connectivity index (χ2v) is 9.08. The molecular weight excluding hydrogens is 474 g/mol. The molecule has 1 aliphatic rings.